The molecule has 2 amide bonds. The maximum absolute atomic E-state index is 12.3. The van der Waals surface area contributed by atoms with Gasteiger partial charge < -0.3 is 15.3 Å². The quantitative estimate of drug-likeness (QED) is 0.621. The lowest BCUT2D eigenvalue weighted by molar-refractivity contribution is -0.147. The van der Waals surface area contributed by atoms with E-state index in [4.69, 9.17) is 0 Å². The monoisotopic (exact) mass is 381 g/mol. The van der Waals surface area contributed by atoms with Gasteiger partial charge in [-0.3, -0.25) is 9.59 Å². The summed E-state index contributed by atoms with van der Waals surface area (Å²) in [7, 11) is -1.37. The first kappa shape index (κ1) is 20.1. The number of carboxylic acids is 1. The maximum Gasteiger partial charge on any atom is 0.326 e. The molecular formula is C17H23N3O5S. The van der Waals surface area contributed by atoms with Crippen LogP contribution >= 0.6 is 0 Å². The van der Waals surface area contributed by atoms with Crippen LogP contribution < -0.4 is 10.0 Å². The van der Waals surface area contributed by atoms with E-state index in [0.29, 0.717) is 5.56 Å². The molecule has 1 fully saturated rings. The number of amides is 2. The van der Waals surface area contributed by atoms with Gasteiger partial charge in [-0.05, 0) is 26.0 Å². The fourth-order valence-electron chi connectivity index (χ4n) is 2.71. The van der Waals surface area contributed by atoms with Crippen molar-refractivity contribution < 1.29 is 23.7 Å². The summed E-state index contributed by atoms with van der Waals surface area (Å²) in [6.45, 7) is 3.38. The van der Waals surface area contributed by atoms with E-state index in [1.807, 2.05) is 0 Å². The molecule has 1 aliphatic heterocycles. The van der Waals surface area contributed by atoms with Crippen molar-refractivity contribution >= 4 is 28.8 Å². The Morgan fingerprint density at radius 1 is 1.27 bits per heavy atom. The zero-order valence-corrected chi connectivity index (χ0v) is 15.5. The van der Waals surface area contributed by atoms with Crippen molar-refractivity contribution in [3.05, 3.63) is 35.9 Å². The Morgan fingerprint density at radius 3 is 2.50 bits per heavy atom. The van der Waals surface area contributed by atoms with Crippen LogP contribution in [-0.2, 0) is 20.6 Å². The van der Waals surface area contributed by atoms with Gasteiger partial charge >= 0.3 is 5.97 Å². The molecule has 1 aliphatic rings. The van der Waals surface area contributed by atoms with Crippen molar-refractivity contribution in [1.82, 2.24) is 14.9 Å². The standard InChI is InChI=1S/C17H23N3O5S/c1-11(2)26(25)18-9-15(21)20-10-13(8-14(20)17(23)24)19-16(22)12-6-4-3-5-7-12/h3-7,11,13-14,18H,8-10H2,1-2H3,(H,19,22)(H,23,24)/t13-,14+,26?/m1/s1. The molecule has 0 aromatic heterocycles. The van der Waals surface area contributed by atoms with Gasteiger partial charge in [0.2, 0.25) is 5.91 Å². The third-order valence-electron chi connectivity index (χ3n) is 4.07. The molecule has 2 rings (SSSR count). The summed E-state index contributed by atoms with van der Waals surface area (Å²) in [5.41, 5.74) is 0.471. The van der Waals surface area contributed by atoms with Crippen molar-refractivity contribution in [1.29, 1.82) is 0 Å². The molecule has 0 bridgehead atoms. The van der Waals surface area contributed by atoms with Gasteiger partial charge in [0.05, 0.1) is 17.5 Å². The van der Waals surface area contributed by atoms with Crippen molar-refractivity contribution in [3.63, 3.8) is 0 Å². The second-order valence-electron chi connectivity index (χ2n) is 6.34. The van der Waals surface area contributed by atoms with E-state index < -0.39 is 34.9 Å². The van der Waals surface area contributed by atoms with Gasteiger partial charge in [-0.25, -0.2) is 13.7 Å². The summed E-state index contributed by atoms with van der Waals surface area (Å²) in [6, 6.07) is 7.11. The molecule has 26 heavy (non-hydrogen) atoms. The smallest absolute Gasteiger partial charge is 0.326 e. The number of carbonyl (C=O) groups is 3. The molecule has 1 saturated heterocycles. The lowest BCUT2D eigenvalue weighted by Gasteiger charge is -2.21. The lowest BCUT2D eigenvalue weighted by atomic mass is 10.1. The number of carbonyl (C=O) groups excluding carboxylic acids is 2. The van der Waals surface area contributed by atoms with Gasteiger partial charge in [0, 0.05) is 29.8 Å². The average molecular weight is 381 g/mol. The van der Waals surface area contributed by atoms with E-state index >= 15 is 0 Å². The minimum Gasteiger partial charge on any atom is -0.480 e. The first-order chi connectivity index (χ1) is 12.3. The minimum absolute atomic E-state index is 0.102. The summed E-state index contributed by atoms with van der Waals surface area (Å²) in [6.07, 6.45) is 0.132. The summed E-state index contributed by atoms with van der Waals surface area (Å²) in [5, 5.41) is 12.0. The summed E-state index contributed by atoms with van der Waals surface area (Å²) < 4.78 is 14.3. The van der Waals surface area contributed by atoms with Crippen LogP contribution in [0.15, 0.2) is 30.3 Å². The molecule has 3 N–H and O–H groups in total. The van der Waals surface area contributed by atoms with E-state index in [2.05, 4.69) is 10.0 Å². The largest absolute Gasteiger partial charge is 0.480 e. The third-order valence-corrected chi connectivity index (χ3v) is 5.36. The minimum atomic E-state index is -1.37. The van der Waals surface area contributed by atoms with Crippen LogP contribution in [-0.4, -0.2) is 62.4 Å². The Kier molecular flexibility index (Phi) is 6.87. The van der Waals surface area contributed by atoms with Crippen LogP contribution in [0.3, 0.4) is 0 Å². The highest BCUT2D eigenvalue weighted by Crippen LogP contribution is 2.19. The molecule has 1 unspecified atom stereocenters. The zero-order valence-electron chi connectivity index (χ0n) is 14.7. The molecule has 3 atom stereocenters. The van der Waals surface area contributed by atoms with Gasteiger partial charge in [-0.2, -0.15) is 0 Å². The average Bonchev–Trinajstić information content (AvgIpc) is 3.04. The van der Waals surface area contributed by atoms with Crippen molar-refractivity contribution in [3.8, 4) is 0 Å². The Bertz CT molecular complexity index is 695. The number of likely N-dealkylation sites (tertiary alicyclic amines) is 1. The number of benzene rings is 1. The maximum atomic E-state index is 12.3. The summed E-state index contributed by atoms with van der Waals surface area (Å²) in [5.74, 6) is -1.89. The Hall–Kier alpha value is -2.26. The molecule has 0 spiro atoms. The fraction of sp³-hybridized carbons (Fsp3) is 0.471. The SMILES string of the molecule is CC(C)S(=O)NCC(=O)N1C[C@H](NC(=O)c2ccccc2)C[C@H]1C(=O)O. The predicted molar refractivity (Wildman–Crippen MR) is 96.7 cm³/mol. The number of aliphatic carboxylic acids is 1. The first-order valence-corrected chi connectivity index (χ1v) is 9.53. The van der Waals surface area contributed by atoms with Crippen molar-refractivity contribution in [2.24, 2.45) is 0 Å². The predicted octanol–water partition coefficient (Wildman–Crippen LogP) is 0.132. The lowest BCUT2D eigenvalue weighted by Crippen LogP contribution is -2.46. The van der Waals surface area contributed by atoms with Crippen molar-refractivity contribution in [2.45, 2.75) is 37.6 Å². The topological polar surface area (TPSA) is 116 Å². The van der Waals surface area contributed by atoms with Crippen LogP contribution in [0, 0.1) is 0 Å². The van der Waals surface area contributed by atoms with Gasteiger partial charge in [-0.1, -0.05) is 18.2 Å². The van der Waals surface area contributed by atoms with Crippen LogP contribution in [0.4, 0.5) is 0 Å². The number of hydrogen-bond donors (Lipinski definition) is 3. The molecule has 0 radical (unpaired) electrons. The number of carboxylic acid groups (broad SMARTS) is 1. The fourth-order valence-corrected chi connectivity index (χ4v) is 3.31. The van der Waals surface area contributed by atoms with Gasteiger partial charge in [0.15, 0.2) is 0 Å². The molecule has 1 aromatic rings. The van der Waals surface area contributed by atoms with E-state index in [1.54, 1.807) is 44.2 Å². The number of nitrogens with zero attached hydrogens (tertiary/aromatic N) is 1. The highest BCUT2D eigenvalue weighted by molar-refractivity contribution is 7.83. The summed E-state index contributed by atoms with van der Waals surface area (Å²) >= 11 is 0. The number of rotatable bonds is 7. The highest BCUT2D eigenvalue weighted by atomic mass is 32.2. The number of nitrogens with one attached hydrogen (secondary N) is 2. The van der Waals surface area contributed by atoms with E-state index in [-0.39, 0.29) is 30.7 Å². The van der Waals surface area contributed by atoms with Crippen LogP contribution in [0.25, 0.3) is 0 Å². The van der Waals surface area contributed by atoms with Crippen LogP contribution in [0.5, 0.6) is 0 Å². The van der Waals surface area contributed by atoms with Gasteiger partial charge in [0.25, 0.3) is 5.91 Å². The van der Waals surface area contributed by atoms with E-state index in [9.17, 15) is 23.7 Å². The van der Waals surface area contributed by atoms with Gasteiger partial charge in [-0.15, -0.1) is 0 Å². The van der Waals surface area contributed by atoms with E-state index in [1.165, 1.54) is 4.90 Å². The number of hydrogen-bond acceptors (Lipinski definition) is 4. The molecule has 1 heterocycles. The second kappa shape index (κ2) is 8.91. The molecule has 0 aliphatic carbocycles. The molecule has 0 saturated carbocycles. The summed E-state index contributed by atoms with van der Waals surface area (Å²) in [4.78, 5) is 37.3. The first-order valence-electron chi connectivity index (χ1n) is 8.32. The Balaban J connectivity index is 1.99. The Labute approximate surface area is 154 Å². The molecule has 8 nitrogen and oxygen atoms in total. The molecule has 142 valence electrons. The van der Waals surface area contributed by atoms with Crippen molar-refractivity contribution in [2.75, 3.05) is 13.1 Å². The molecule has 9 heteroatoms. The highest BCUT2D eigenvalue weighted by Gasteiger charge is 2.40. The van der Waals surface area contributed by atoms with Crippen LogP contribution in [0.2, 0.25) is 0 Å². The van der Waals surface area contributed by atoms with Gasteiger partial charge in [0.1, 0.15) is 6.04 Å². The van der Waals surface area contributed by atoms with Crippen LogP contribution in [0.1, 0.15) is 30.6 Å². The third kappa shape index (κ3) is 5.12. The van der Waals surface area contributed by atoms with E-state index in [0.717, 1.165) is 0 Å². The molecular weight excluding hydrogens is 358 g/mol. The normalized spacial score (nSPS) is 20.8. The zero-order chi connectivity index (χ0) is 19.3. The Morgan fingerprint density at radius 2 is 1.92 bits per heavy atom. The second-order valence-corrected chi connectivity index (χ2v) is 8.17. The molecule has 1 aromatic carbocycles.